The molecular formula is C19H28BrNO2. The van der Waals surface area contributed by atoms with E-state index in [0.29, 0.717) is 11.6 Å². The van der Waals surface area contributed by atoms with Crippen molar-refractivity contribution in [2.24, 2.45) is 0 Å². The van der Waals surface area contributed by atoms with Gasteiger partial charge in [-0.05, 0) is 53.4 Å². The first-order valence-corrected chi connectivity index (χ1v) is 9.73. The van der Waals surface area contributed by atoms with Crippen molar-refractivity contribution < 1.29 is 9.53 Å². The van der Waals surface area contributed by atoms with Gasteiger partial charge in [0.1, 0.15) is 5.75 Å². The average molecular weight is 382 g/mol. The summed E-state index contributed by atoms with van der Waals surface area (Å²) in [6.45, 7) is 2.93. The maximum Gasteiger partial charge on any atom is 0.251 e. The quantitative estimate of drug-likeness (QED) is 0.606. The molecule has 0 aromatic heterocycles. The minimum absolute atomic E-state index is 0.0205. The van der Waals surface area contributed by atoms with Gasteiger partial charge in [0.2, 0.25) is 0 Å². The number of hydrogen-bond acceptors (Lipinski definition) is 2. The van der Waals surface area contributed by atoms with Crippen LogP contribution in [0.25, 0.3) is 0 Å². The number of rotatable bonds is 8. The van der Waals surface area contributed by atoms with E-state index in [1.807, 2.05) is 18.2 Å². The zero-order valence-electron chi connectivity index (χ0n) is 14.1. The lowest BCUT2D eigenvalue weighted by atomic mass is 9.95. The van der Waals surface area contributed by atoms with Crippen LogP contribution in [0.5, 0.6) is 5.75 Å². The predicted molar refractivity (Wildman–Crippen MR) is 98.1 cm³/mol. The SMILES string of the molecule is CCCCCCOc1ccc(C(=O)NC2CCCCC2)cc1Br. The number of amides is 1. The van der Waals surface area contributed by atoms with Gasteiger partial charge in [-0.3, -0.25) is 4.79 Å². The molecule has 128 valence electrons. The maximum absolute atomic E-state index is 12.3. The number of unbranched alkanes of at least 4 members (excludes halogenated alkanes) is 3. The van der Waals surface area contributed by atoms with Gasteiger partial charge in [0.15, 0.2) is 0 Å². The Hall–Kier alpha value is -1.03. The molecule has 23 heavy (non-hydrogen) atoms. The highest BCUT2D eigenvalue weighted by Gasteiger charge is 2.17. The molecule has 1 N–H and O–H groups in total. The van der Waals surface area contributed by atoms with Crippen molar-refractivity contribution in [2.75, 3.05) is 6.61 Å². The third kappa shape index (κ3) is 6.17. The Labute approximate surface area is 148 Å². The first-order valence-electron chi connectivity index (χ1n) is 8.94. The van der Waals surface area contributed by atoms with E-state index in [1.54, 1.807) is 0 Å². The van der Waals surface area contributed by atoms with Crippen LogP contribution in [0, 0.1) is 0 Å². The van der Waals surface area contributed by atoms with E-state index in [2.05, 4.69) is 28.2 Å². The number of carbonyl (C=O) groups excluding carboxylic acids is 1. The molecule has 1 amide bonds. The van der Waals surface area contributed by atoms with Crippen molar-refractivity contribution in [1.82, 2.24) is 5.32 Å². The summed E-state index contributed by atoms with van der Waals surface area (Å²) in [5.74, 6) is 0.836. The Kier molecular flexibility index (Phi) is 7.93. The molecule has 1 saturated carbocycles. The van der Waals surface area contributed by atoms with E-state index >= 15 is 0 Å². The average Bonchev–Trinajstić information content (AvgIpc) is 2.56. The molecule has 1 aliphatic rings. The van der Waals surface area contributed by atoms with Gasteiger partial charge in [-0.25, -0.2) is 0 Å². The first kappa shape index (κ1) is 18.3. The number of nitrogens with one attached hydrogen (secondary N) is 1. The molecule has 1 aliphatic carbocycles. The number of carbonyl (C=O) groups is 1. The molecule has 0 aliphatic heterocycles. The first-order chi connectivity index (χ1) is 11.2. The molecule has 3 nitrogen and oxygen atoms in total. The second-order valence-corrected chi connectivity index (χ2v) is 7.22. The smallest absolute Gasteiger partial charge is 0.251 e. The standard InChI is InChI=1S/C19H28BrNO2/c1-2-3-4-8-13-23-18-12-11-15(14-17(18)20)19(22)21-16-9-6-5-7-10-16/h11-12,14,16H,2-10,13H2,1H3,(H,21,22). The molecule has 0 saturated heterocycles. The maximum atomic E-state index is 12.3. The van der Waals surface area contributed by atoms with Crippen LogP contribution in [0.4, 0.5) is 0 Å². The Morgan fingerprint density at radius 1 is 1.22 bits per heavy atom. The van der Waals surface area contributed by atoms with Crippen LogP contribution in [0.2, 0.25) is 0 Å². The molecule has 0 unspecified atom stereocenters. The molecular weight excluding hydrogens is 354 g/mol. The third-order valence-electron chi connectivity index (χ3n) is 4.39. The normalized spacial score (nSPS) is 15.4. The van der Waals surface area contributed by atoms with E-state index in [0.717, 1.165) is 36.1 Å². The largest absolute Gasteiger partial charge is 0.492 e. The zero-order chi connectivity index (χ0) is 16.5. The van der Waals surface area contributed by atoms with Gasteiger partial charge in [-0.15, -0.1) is 0 Å². The van der Waals surface area contributed by atoms with Gasteiger partial charge in [0.05, 0.1) is 11.1 Å². The van der Waals surface area contributed by atoms with E-state index in [1.165, 1.54) is 38.5 Å². The molecule has 1 aromatic carbocycles. The summed E-state index contributed by atoms with van der Waals surface area (Å²) in [7, 11) is 0. The predicted octanol–water partition coefficient (Wildman–Crippen LogP) is 5.47. The fourth-order valence-corrected chi connectivity index (χ4v) is 3.48. The van der Waals surface area contributed by atoms with Crippen LogP contribution in [0.1, 0.15) is 75.1 Å². The number of benzene rings is 1. The van der Waals surface area contributed by atoms with Gasteiger partial charge in [0, 0.05) is 11.6 Å². The molecule has 0 spiro atoms. The van der Waals surface area contributed by atoms with Crippen LogP contribution in [-0.2, 0) is 0 Å². The summed E-state index contributed by atoms with van der Waals surface area (Å²) in [5.41, 5.74) is 0.695. The van der Waals surface area contributed by atoms with Gasteiger partial charge in [0.25, 0.3) is 5.91 Å². The summed E-state index contributed by atoms with van der Waals surface area (Å²) in [6, 6.07) is 5.94. The van der Waals surface area contributed by atoms with Gasteiger partial charge < -0.3 is 10.1 Å². The minimum atomic E-state index is 0.0205. The summed E-state index contributed by atoms with van der Waals surface area (Å²) >= 11 is 3.52. The second-order valence-electron chi connectivity index (χ2n) is 6.36. The lowest BCUT2D eigenvalue weighted by molar-refractivity contribution is 0.0927. The Morgan fingerprint density at radius 3 is 2.70 bits per heavy atom. The summed E-state index contributed by atoms with van der Waals surface area (Å²) in [4.78, 5) is 12.3. The highest BCUT2D eigenvalue weighted by Crippen LogP contribution is 2.26. The number of hydrogen-bond donors (Lipinski definition) is 1. The van der Waals surface area contributed by atoms with Crippen molar-refractivity contribution in [2.45, 2.75) is 70.8 Å². The second kappa shape index (κ2) is 9.96. The third-order valence-corrected chi connectivity index (χ3v) is 5.01. The summed E-state index contributed by atoms with van der Waals surface area (Å²) in [5, 5.41) is 3.15. The fourth-order valence-electron chi connectivity index (χ4n) is 2.99. The lowest BCUT2D eigenvalue weighted by Crippen LogP contribution is -2.36. The highest BCUT2D eigenvalue weighted by atomic mass is 79.9. The van der Waals surface area contributed by atoms with Crippen molar-refractivity contribution in [3.8, 4) is 5.75 Å². The van der Waals surface area contributed by atoms with Crippen LogP contribution in [0.15, 0.2) is 22.7 Å². The van der Waals surface area contributed by atoms with Crippen molar-refractivity contribution in [3.63, 3.8) is 0 Å². The van der Waals surface area contributed by atoms with Crippen molar-refractivity contribution in [3.05, 3.63) is 28.2 Å². The van der Waals surface area contributed by atoms with E-state index < -0.39 is 0 Å². The number of halogens is 1. The van der Waals surface area contributed by atoms with Gasteiger partial charge in [-0.2, -0.15) is 0 Å². The molecule has 1 fully saturated rings. The van der Waals surface area contributed by atoms with Crippen molar-refractivity contribution >= 4 is 21.8 Å². The monoisotopic (exact) mass is 381 g/mol. The Morgan fingerprint density at radius 2 is 2.00 bits per heavy atom. The van der Waals surface area contributed by atoms with E-state index in [-0.39, 0.29) is 5.91 Å². The highest BCUT2D eigenvalue weighted by molar-refractivity contribution is 9.10. The fraction of sp³-hybridized carbons (Fsp3) is 0.632. The molecule has 0 radical (unpaired) electrons. The van der Waals surface area contributed by atoms with Crippen LogP contribution in [0.3, 0.4) is 0 Å². The molecule has 2 rings (SSSR count). The molecule has 0 bridgehead atoms. The van der Waals surface area contributed by atoms with Crippen LogP contribution >= 0.6 is 15.9 Å². The topological polar surface area (TPSA) is 38.3 Å². The number of ether oxygens (including phenoxy) is 1. The lowest BCUT2D eigenvalue weighted by Gasteiger charge is -2.22. The van der Waals surface area contributed by atoms with Gasteiger partial charge >= 0.3 is 0 Å². The Bertz CT molecular complexity index is 498. The summed E-state index contributed by atoms with van der Waals surface area (Å²) < 4.78 is 6.64. The zero-order valence-corrected chi connectivity index (χ0v) is 15.7. The Balaban J connectivity index is 1.83. The van der Waals surface area contributed by atoms with Crippen LogP contribution < -0.4 is 10.1 Å². The minimum Gasteiger partial charge on any atom is -0.492 e. The van der Waals surface area contributed by atoms with Gasteiger partial charge in [-0.1, -0.05) is 45.4 Å². The van der Waals surface area contributed by atoms with Crippen LogP contribution in [-0.4, -0.2) is 18.6 Å². The molecule has 0 atom stereocenters. The van der Waals surface area contributed by atoms with Crippen molar-refractivity contribution in [1.29, 1.82) is 0 Å². The van der Waals surface area contributed by atoms with E-state index in [9.17, 15) is 4.79 Å². The summed E-state index contributed by atoms with van der Waals surface area (Å²) in [6.07, 6.45) is 10.7. The molecule has 4 heteroatoms. The molecule has 0 heterocycles. The van der Waals surface area contributed by atoms with E-state index in [4.69, 9.17) is 4.74 Å². The molecule has 1 aromatic rings.